The van der Waals surface area contributed by atoms with E-state index in [4.69, 9.17) is 0 Å². The van der Waals surface area contributed by atoms with Crippen molar-refractivity contribution >= 4 is 11.5 Å². The second-order valence-corrected chi connectivity index (χ2v) is 3.38. The number of nitrogens with zero attached hydrogens (tertiary/aromatic N) is 1. The van der Waals surface area contributed by atoms with Gasteiger partial charge in [0.15, 0.2) is 0 Å². The van der Waals surface area contributed by atoms with E-state index >= 15 is 0 Å². The molecule has 0 spiro atoms. The third-order valence-corrected chi connectivity index (χ3v) is 2.16. The van der Waals surface area contributed by atoms with Gasteiger partial charge in [-0.1, -0.05) is 18.2 Å². The number of anilines is 2. The summed E-state index contributed by atoms with van der Waals surface area (Å²) in [7, 11) is 1.50. The predicted octanol–water partition coefficient (Wildman–Crippen LogP) is 3.42. The zero-order valence-corrected chi connectivity index (χ0v) is 10.3. The number of hydrogen-bond acceptors (Lipinski definition) is 3. The van der Waals surface area contributed by atoms with Gasteiger partial charge in [0.2, 0.25) is 0 Å². The van der Waals surface area contributed by atoms with Crippen molar-refractivity contribution in [2.45, 2.75) is 6.18 Å². The minimum absolute atomic E-state index is 0.00120. The van der Waals surface area contributed by atoms with Crippen molar-refractivity contribution in [1.29, 1.82) is 0 Å². The molecular formula is C13H14F3N3. The van der Waals surface area contributed by atoms with Gasteiger partial charge < -0.3 is 11.1 Å². The molecule has 6 heteroatoms. The van der Waals surface area contributed by atoms with Gasteiger partial charge in [-0.2, -0.15) is 13.2 Å². The van der Waals surface area contributed by atoms with Crippen molar-refractivity contribution in [2.24, 2.45) is 5.73 Å². The molecule has 0 aliphatic heterocycles. The Morgan fingerprint density at radius 2 is 1.63 bits per heavy atom. The van der Waals surface area contributed by atoms with Gasteiger partial charge in [-0.15, -0.1) is 0 Å². The lowest BCUT2D eigenvalue weighted by atomic mass is 10.1. The van der Waals surface area contributed by atoms with Crippen molar-refractivity contribution < 1.29 is 13.2 Å². The highest BCUT2D eigenvalue weighted by Gasteiger charge is 2.33. The van der Waals surface area contributed by atoms with Crippen LogP contribution in [0.15, 0.2) is 48.7 Å². The second kappa shape index (κ2) is 6.75. The largest absolute Gasteiger partial charge is 0.418 e. The fourth-order valence-corrected chi connectivity index (χ4v) is 1.41. The summed E-state index contributed by atoms with van der Waals surface area (Å²) in [5.41, 5.74) is 3.80. The molecule has 0 aliphatic rings. The Kier molecular flexibility index (Phi) is 5.32. The number of nitrogens with one attached hydrogen (secondary N) is 1. The summed E-state index contributed by atoms with van der Waals surface area (Å²) < 4.78 is 38.1. The van der Waals surface area contributed by atoms with E-state index in [1.165, 1.54) is 25.4 Å². The molecule has 0 atom stereocenters. The minimum atomic E-state index is -4.38. The molecule has 3 nitrogen and oxygen atoms in total. The highest BCUT2D eigenvalue weighted by atomic mass is 19.4. The van der Waals surface area contributed by atoms with Gasteiger partial charge in [0.05, 0.1) is 11.3 Å². The van der Waals surface area contributed by atoms with E-state index in [0.29, 0.717) is 5.82 Å². The number of nitrogens with two attached hydrogens (primary N) is 1. The van der Waals surface area contributed by atoms with E-state index in [0.717, 1.165) is 6.07 Å². The molecule has 2 rings (SSSR count). The van der Waals surface area contributed by atoms with Gasteiger partial charge in [-0.3, -0.25) is 0 Å². The van der Waals surface area contributed by atoms with Crippen LogP contribution in [0.3, 0.4) is 0 Å². The molecule has 19 heavy (non-hydrogen) atoms. The summed E-state index contributed by atoms with van der Waals surface area (Å²) in [6.07, 6.45) is -2.86. The quantitative estimate of drug-likeness (QED) is 0.878. The Hall–Kier alpha value is -2.08. The lowest BCUT2D eigenvalue weighted by Gasteiger charge is -2.13. The molecular weight excluding hydrogens is 255 g/mol. The molecule has 2 aromatic rings. The number of benzene rings is 1. The summed E-state index contributed by atoms with van der Waals surface area (Å²) in [5.74, 6) is 0.379. The zero-order valence-electron chi connectivity index (χ0n) is 10.3. The van der Waals surface area contributed by atoms with Crippen LogP contribution in [0.1, 0.15) is 5.56 Å². The average molecular weight is 269 g/mol. The highest BCUT2D eigenvalue weighted by Crippen LogP contribution is 2.35. The minimum Gasteiger partial charge on any atom is -0.340 e. The van der Waals surface area contributed by atoms with Gasteiger partial charge >= 0.3 is 6.18 Å². The first-order valence-corrected chi connectivity index (χ1v) is 5.49. The summed E-state index contributed by atoms with van der Waals surface area (Å²) in [6, 6.07) is 10.3. The van der Waals surface area contributed by atoms with Gasteiger partial charge in [0.1, 0.15) is 5.82 Å². The van der Waals surface area contributed by atoms with E-state index in [1.54, 1.807) is 24.3 Å². The van der Waals surface area contributed by atoms with Crippen LogP contribution in [0.2, 0.25) is 0 Å². The van der Waals surface area contributed by atoms with Crippen LogP contribution in [-0.2, 0) is 6.18 Å². The molecule has 3 N–H and O–H groups in total. The summed E-state index contributed by atoms with van der Waals surface area (Å²) in [4.78, 5) is 3.92. The first kappa shape index (κ1) is 15.0. The molecule has 0 amide bonds. The molecule has 0 radical (unpaired) electrons. The number of aromatic nitrogens is 1. The fraction of sp³-hybridized carbons (Fsp3) is 0.154. The summed E-state index contributed by atoms with van der Waals surface area (Å²) in [6.45, 7) is 0. The number of rotatable bonds is 2. The normalized spacial score (nSPS) is 10.4. The molecule has 0 bridgehead atoms. The standard InChI is InChI=1S/C12H9F3N2.CH5N/c13-12(14,15)9-5-1-2-6-10(9)17-11-7-3-4-8-16-11;1-2/h1-8H,(H,16,17);2H2,1H3. The average Bonchev–Trinajstić information content (AvgIpc) is 2.42. The topological polar surface area (TPSA) is 50.9 Å². The van der Waals surface area contributed by atoms with Crippen LogP contribution in [0.25, 0.3) is 0 Å². The van der Waals surface area contributed by atoms with E-state index in [1.807, 2.05) is 0 Å². The fourth-order valence-electron chi connectivity index (χ4n) is 1.41. The number of pyridine rings is 1. The van der Waals surface area contributed by atoms with Crippen LogP contribution in [0.5, 0.6) is 0 Å². The number of halogens is 3. The number of para-hydroxylation sites is 1. The molecule has 0 unspecified atom stereocenters. The SMILES string of the molecule is CN.FC(F)(F)c1ccccc1Nc1ccccn1. The molecule has 0 aliphatic carbocycles. The van der Waals surface area contributed by atoms with E-state index in [-0.39, 0.29) is 5.69 Å². The van der Waals surface area contributed by atoms with Crippen LogP contribution in [-0.4, -0.2) is 12.0 Å². The van der Waals surface area contributed by atoms with E-state index < -0.39 is 11.7 Å². The van der Waals surface area contributed by atoms with Crippen LogP contribution in [0.4, 0.5) is 24.7 Å². The summed E-state index contributed by atoms with van der Waals surface area (Å²) in [5, 5.41) is 2.65. The lowest BCUT2D eigenvalue weighted by Crippen LogP contribution is -2.08. The highest BCUT2D eigenvalue weighted by molar-refractivity contribution is 5.61. The number of alkyl halides is 3. The molecule has 0 saturated heterocycles. The molecule has 1 aromatic carbocycles. The van der Waals surface area contributed by atoms with Gasteiger partial charge in [-0.25, -0.2) is 4.98 Å². The molecule has 1 heterocycles. The van der Waals surface area contributed by atoms with Crippen molar-refractivity contribution in [1.82, 2.24) is 4.98 Å². The predicted molar refractivity (Wildman–Crippen MR) is 69.1 cm³/mol. The Morgan fingerprint density at radius 3 is 2.21 bits per heavy atom. The Labute approximate surface area is 109 Å². The Bertz CT molecular complexity index is 498. The lowest BCUT2D eigenvalue weighted by molar-refractivity contribution is -0.136. The Balaban J connectivity index is 0.000000861. The zero-order chi connectivity index (χ0) is 14.3. The first-order valence-electron chi connectivity index (χ1n) is 5.49. The van der Waals surface area contributed by atoms with Crippen LogP contribution in [0, 0.1) is 0 Å². The van der Waals surface area contributed by atoms with Crippen molar-refractivity contribution in [3.63, 3.8) is 0 Å². The maximum atomic E-state index is 12.7. The maximum absolute atomic E-state index is 12.7. The second-order valence-electron chi connectivity index (χ2n) is 3.38. The van der Waals surface area contributed by atoms with Gasteiger partial charge in [-0.05, 0) is 31.3 Å². The van der Waals surface area contributed by atoms with E-state index in [2.05, 4.69) is 16.0 Å². The van der Waals surface area contributed by atoms with Gasteiger partial charge in [0, 0.05) is 6.20 Å². The van der Waals surface area contributed by atoms with Crippen molar-refractivity contribution in [3.8, 4) is 0 Å². The number of hydrogen-bond donors (Lipinski definition) is 2. The van der Waals surface area contributed by atoms with Crippen molar-refractivity contribution in [3.05, 3.63) is 54.2 Å². The monoisotopic (exact) mass is 269 g/mol. The van der Waals surface area contributed by atoms with Crippen LogP contribution >= 0.6 is 0 Å². The first-order chi connectivity index (χ1) is 9.07. The smallest absolute Gasteiger partial charge is 0.340 e. The molecule has 0 fully saturated rings. The van der Waals surface area contributed by atoms with Crippen molar-refractivity contribution in [2.75, 3.05) is 12.4 Å². The third kappa shape index (κ3) is 4.26. The molecule has 102 valence electrons. The van der Waals surface area contributed by atoms with E-state index in [9.17, 15) is 13.2 Å². The van der Waals surface area contributed by atoms with Gasteiger partial charge in [0.25, 0.3) is 0 Å². The molecule has 1 aromatic heterocycles. The van der Waals surface area contributed by atoms with Crippen LogP contribution < -0.4 is 11.1 Å². The molecule has 0 saturated carbocycles. The summed E-state index contributed by atoms with van der Waals surface area (Å²) >= 11 is 0. The Morgan fingerprint density at radius 1 is 1.00 bits per heavy atom. The third-order valence-electron chi connectivity index (χ3n) is 2.16. The maximum Gasteiger partial charge on any atom is 0.418 e.